The number of hydrogen-bond acceptors (Lipinski definition) is 4. The molecule has 0 radical (unpaired) electrons. The Morgan fingerprint density at radius 2 is 1.96 bits per heavy atom. The van der Waals surface area contributed by atoms with E-state index in [0.717, 1.165) is 51.2 Å². The van der Waals surface area contributed by atoms with E-state index in [2.05, 4.69) is 39.1 Å². The topological polar surface area (TPSA) is 85.8 Å². The van der Waals surface area contributed by atoms with Crippen molar-refractivity contribution in [3.05, 3.63) is 0 Å². The Balaban J connectivity index is 2.38. The van der Waals surface area contributed by atoms with E-state index in [1.54, 1.807) is 0 Å². The van der Waals surface area contributed by atoms with E-state index in [1.165, 1.54) is 0 Å². The summed E-state index contributed by atoms with van der Waals surface area (Å²) in [6.07, 6.45) is 3.38. The first-order valence-electron chi connectivity index (χ1n) is 8.52. The molecule has 0 aromatic rings. The van der Waals surface area contributed by atoms with E-state index in [1.807, 2.05) is 6.92 Å². The number of hydrogen-bond donors (Lipinski definition) is 3. The summed E-state index contributed by atoms with van der Waals surface area (Å²) in [7, 11) is -3.14. The predicted octanol–water partition coefficient (Wildman–Crippen LogP) is 0.211. The molecule has 0 unspecified atom stereocenters. The highest BCUT2D eigenvalue weighted by Crippen LogP contribution is 2.11. The van der Waals surface area contributed by atoms with Crippen molar-refractivity contribution in [3.63, 3.8) is 0 Å². The van der Waals surface area contributed by atoms with Crippen molar-refractivity contribution in [1.82, 2.24) is 20.3 Å². The molecule has 0 aromatic carbocycles. The Hall–Kier alpha value is -0.860. The van der Waals surface area contributed by atoms with E-state index in [9.17, 15) is 8.42 Å². The van der Waals surface area contributed by atoms with Crippen molar-refractivity contribution in [3.8, 4) is 0 Å². The number of likely N-dealkylation sites (tertiary alicyclic amines) is 1. The Labute approximate surface area is 141 Å². The minimum absolute atomic E-state index is 0.322. The highest BCUT2D eigenvalue weighted by molar-refractivity contribution is 7.88. The third-order valence-electron chi connectivity index (χ3n) is 3.64. The number of nitrogens with zero attached hydrogens (tertiary/aromatic N) is 2. The zero-order valence-electron chi connectivity index (χ0n) is 14.9. The molecule has 0 saturated carbocycles. The second-order valence-electron chi connectivity index (χ2n) is 6.54. The van der Waals surface area contributed by atoms with E-state index in [0.29, 0.717) is 25.0 Å². The highest BCUT2D eigenvalue weighted by Gasteiger charge is 2.20. The molecule has 136 valence electrons. The maximum atomic E-state index is 11.0. The van der Waals surface area contributed by atoms with Crippen molar-refractivity contribution < 1.29 is 8.42 Å². The molecule has 1 rings (SSSR count). The Kier molecular flexibility index (Phi) is 8.86. The normalized spacial score (nSPS) is 18.4. The van der Waals surface area contributed by atoms with Crippen molar-refractivity contribution in [1.29, 1.82) is 0 Å². The standard InChI is InChI=1S/C15H33N5O2S/c1-5-16-15(17-8-9-18-23(4,21)22)19-14-6-10-20(11-7-14)12-13(2)3/h13-14,18H,5-12H2,1-4H3,(H2,16,17,19). The van der Waals surface area contributed by atoms with Crippen LogP contribution in [0.5, 0.6) is 0 Å². The second-order valence-corrected chi connectivity index (χ2v) is 8.37. The van der Waals surface area contributed by atoms with Crippen molar-refractivity contribution in [2.75, 3.05) is 45.5 Å². The molecule has 0 spiro atoms. The first-order valence-corrected chi connectivity index (χ1v) is 10.4. The van der Waals surface area contributed by atoms with Gasteiger partial charge in [0.2, 0.25) is 10.0 Å². The molecule has 0 bridgehead atoms. The van der Waals surface area contributed by atoms with Crippen LogP contribution in [0.4, 0.5) is 0 Å². The molecule has 0 aromatic heterocycles. The molecule has 0 atom stereocenters. The highest BCUT2D eigenvalue weighted by atomic mass is 32.2. The zero-order valence-corrected chi connectivity index (χ0v) is 15.7. The lowest BCUT2D eigenvalue weighted by atomic mass is 10.0. The van der Waals surface area contributed by atoms with Gasteiger partial charge >= 0.3 is 0 Å². The predicted molar refractivity (Wildman–Crippen MR) is 96.3 cm³/mol. The van der Waals surface area contributed by atoms with Gasteiger partial charge in [0.1, 0.15) is 0 Å². The van der Waals surface area contributed by atoms with Crippen LogP contribution in [0.3, 0.4) is 0 Å². The minimum Gasteiger partial charge on any atom is -0.357 e. The first kappa shape index (κ1) is 20.2. The van der Waals surface area contributed by atoms with Gasteiger partial charge in [-0.3, -0.25) is 4.99 Å². The molecule has 0 aliphatic carbocycles. The summed E-state index contributed by atoms with van der Waals surface area (Å²) in [6, 6.07) is 0.430. The number of piperidine rings is 1. The van der Waals surface area contributed by atoms with Crippen LogP contribution in [-0.2, 0) is 10.0 Å². The molecule has 1 aliphatic rings. The Morgan fingerprint density at radius 1 is 1.30 bits per heavy atom. The van der Waals surface area contributed by atoms with Crippen molar-refractivity contribution in [2.24, 2.45) is 10.9 Å². The quantitative estimate of drug-likeness (QED) is 0.332. The lowest BCUT2D eigenvalue weighted by Crippen LogP contribution is -2.49. The van der Waals surface area contributed by atoms with E-state index < -0.39 is 10.0 Å². The van der Waals surface area contributed by atoms with Crippen LogP contribution in [0.25, 0.3) is 0 Å². The molecule has 1 saturated heterocycles. The molecule has 23 heavy (non-hydrogen) atoms. The fourth-order valence-corrected chi connectivity index (χ4v) is 3.15. The fourth-order valence-electron chi connectivity index (χ4n) is 2.69. The SMILES string of the molecule is CCNC(=NCCNS(C)(=O)=O)NC1CCN(CC(C)C)CC1. The fraction of sp³-hybridized carbons (Fsp3) is 0.933. The number of sulfonamides is 1. The van der Waals surface area contributed by atoms with Gasteiger partial charge in [0.05, 0.1) is 12.8 Å². The van der Waals surface area contributed by atoms with Gasteiger partial charge in [-0.05, 0) is 25.7 Å². The van der Waals surface area contributed by atoms with Gasteiger partial charge in [-0.2, -0.15) is 0 Å². The van der Waals surface area contributed by atoms with E-state index >= 15 is 0 Å². The Morgan fingerprint density at radius 3 is 2.48 bits per heavy atom. The molecule has 8 heteroatoms. The molecule has 7 nitrogen and oxygen atoms in total. The smallest absolute Gasteiger partial charge is 0.208 e. The van der Waals surface area contributed by atoms with Gasteiger partial charge in [-0.15, -0.1) is 0 Å². The molecular weight excluding hydrogens is 314 g/mol. The molecule has 3 N–H and O–H groups in total. The third kappa shape index (κ3) is 9.78. The van der Waals surface area contributed by atoms with Crippen LogP contribution in [0.15, 0.2) is 4.99 Å². The molecule has 0 amide bonds. The van der Waals surface area contributed by atoms with Crippen LogP contribution in [0.1, 0.15) is 33.6 Å². The van der Waals surface area contributed by atoms with Crippen LogP contribution < -0.4 is 15.4 Å². The van der Waals surface area contributed by atoms with Crippen molar-refractivity contribution >= 4 is 16.0 Å². The third-order valence-corrected chi connectivity index (χ3v) is 4.37. The summed E-state index contributed by atoms with van der Waals surface area (Å²) < 4.78 is 24.5. The number of nitrogens with one attached hydrogen (secondary N) is 3. The summed E-state index contributed by atoms with van der Waals surface area (Å²) in [5.74, 6) is 1.48. The molecule has 1 aliphatic heterocycles. The van der Waals surface area contributed by atoms with E-state index in [4.69, 9.17) is 0 Å². The lowest BCUT2D eigenvalue weighted by Gasteiger charge is -2.34. The maximum Gasteiger partial charge on any atom is 0.208 e. The Bertz CT molecular complexity index is 456. The van der Waals surface area contributed by atoms with E-state index in [-0.39, 0.29) is 0 Å². The maximum absolute atomic E-state index is 11.0. The number of guanidine groups is 1. The van der Waals surface area contributed by atoms with Gasteiger partial charge in [0, 0.05) is 38.8 Å². The average molecular weight is 348 g/mol. The molecule has 1 heterocycles. The van der Waals surface area contributed by atoms with Crippen LogP contribution >= 0.6 is 0 Å². The number of rotatable bonds is 8. The summed E-state index contributed by atoms with van der Waals surface area (Å²) >= 11 is 0. The largest absolute Gasteiger partial charge is 0.357 e. The van der Waals surface area contributed by atoms with Crippen LogP contribution in [-0.4, -0.2) is 70.8 Å². The van der Waals surface area contributed by atoms with Gasteiger partial charge in [-0.25, -0.2) is 13.1 Å². The summed E-state index contributed by atoms with van der Waals surface area (Å²) in [6.45, 7) is 11.5. The van der Waals surface area contributed by atoms with Crippen molar-refractivity contribution in [2.45, 2.75) is 39.7 Å². The van der Waals surface area contributed by atoms with Gasteiger partial charge in [0.25, 0.3) is 0 Å². The van der Waals surface area contributed by atoms with Gasteiger partial charge in [-0.1, -0.05) is 13.8 Å². The minimum atomic E-state index is -3.14. The summed E-state index contributed by atoms with van der Waals surface area (Å²) in [5.41, 5.74) is 0. The van der Waals surface area contributed by atoms with Crippen LogP contribution in [0.2, 0.25) is 0 Å². The molecular formula is C15H33N5O2S. The summed E-state index contributed by atoms with van der Waals surface area (Å²) in [4.78, 5) is 6.95. The van der Waals surface area contributed by atoms with Crippen LogP contribution in [0, 0.1) is 5.92 Å². The molecule has 1 fully saturated rings. The first-order chi connectivity index (χ1) is 10.8. The lowest BCUT2D eigenvalue weighted by molar-refractivity contribution is 0.187. The summed E-state index contributed by atoms with van der Waals surface area (Å²) in [5, 5.41) is 6.68. The van der Waals surface area contributed by atoms with Gasteiger partial charge in [0.15, 0.2) is 5.96 Å². The zero-order chi connectivity index (χ0) is 17.3. The number of aliphatic imine (C=N–C) groups is 1. The monoisotopic (exact) mass is 347 g/mol. The average Bonchev–Trinajstić information content (AvgIpc) is 2.44. The second kappa shape index (κ2) is 10.1. The van der Waals surface area contributed by atoms with Gasteiger partial charge < -0.3 is 15.5 Å².